The maximum Gasteiger partial charge on any atom is 0.282 e. The Bertz CT molecular complexity index is 1270. The normalized spacial score (nSPS) is 21.1. The van der Waals surface area contributed by atoms with Gasteiger partial charge in [-0.3, -0.25) is 0 Å². The first-order valence-corrected chi connectivity index (χ1v) is 11.9. The van der Waals surface area contributed by atoms with E-state index in [0.717, 1.165) is 6.26 Å². The second-order valence-electron chi connectivity index (χ2n) is 8.04. The Morgan fingerprint density at radius 3 is 2.70 bits per heavy atom. The molecule has 4 rings (SSSR count). The third kappa shape index (κ3) is 5.05. The van der Waals surface area contributed by atoms with Gasteiger partial charge < -0.3 is 4.90 Å². The highest BCUT2D eigenvalue weighted by Crippen LogP contribution is 2.37. The van der Waals surface area contributed by atoms with Crippen LogP contribution in [0.3, 0.4) is 0 Å². The van der Waals surface area contributed by atoms with E-state index >= 15 is 0 Å². The van der Waals surface area contributed by atoms with Gasteiger partial charge in [-0.25, -0.2) is 50.2 Å². The zero-order chi connectivity index (χ0) is 24.0. The molecule has 0 spiro atoms. The van der Waals surface area contributed by atoms with Crippen molar-refractivity contribution in [3.8, 4) is 11.4 Å². The van der Waals surface area contributed by atoms with Crippen molar-refractivity contribution in [1.82, 2.24) is 29.3 Å². The highest BCUT2D eigenvalue weighted by molar-refractivity contribution is 7.88. The van der Waals surface area contributed by atoms with Gasteiger partial charge in [-0.1, -0.05) is 0 Å². The molecule has 2 atom stereocenters. The van der Waals surface area contributed by atoms with E-state index in [9.17, 15) is 26.0 Å². The van der Waals surface area contributed by atoms with Gasteiger partial charge in [0.15, 0.2) is 5.65 Å². The van der Waals surface area contributed by atoms with Crippen LogP contribution in [0.15, 0.2) is 30.7 Å². The number of hydrogen-bond acceptors (Lipinski definition) is 7. The summed E-state index contributed by atoms with van der Waals surface area (Å²) in [6.07, 6.45) is 0.301. The van der Waals surface area contributed by atoms with Gasteiger partial charge in [-0.15, -0.1) is 0 Å². The summed E-state index contributed by atoms with van der Waals surface area (Å²) in [6, 6.07) is 3.56. The van der Waals surface area contributed by atoms with Gasteiger partial charge in [-0.05, 0) is 25.0 Å². The van der Waals surface area contributed by atoms with Crippen molar-refractivity contribution in [2.24, 2.45) is 5.92 Å². The van der Waals surface area contributed by atoms with Crippen LogP contribution >= 0.6 is 0 Å². The molecule has 178 valence electrons. The number of halogens is 4. The number of nitrogens with zero attached hydrogens (tertiary/aromatic N) is 6. The second kappa shape index (κ2) is 8.48. The van der Waals surface area contributed by atoms with Crippen LogP contribution in [0, 0.1) is 5.92 Å². The van der Waals surface area contributed by atoms with Gasteiger partial charge in [0.25, 0.3) is 12.3 Å². The van der Waals surface area contributed by atoms with Crippen molar-refractivity contribution in [3.05, 3.63) is 36.4 Å². The number of sulfonamides is 1. The van der Waals surface area contributed by atoms with Gasteiger partial charge in [0.2, 0.25) is 10.0 Å². The lowest BCUT2D eigenvalue weighted by atomic mass is 9.88. The van der Waals surface area contributed by atoms with Gasteiger partial charge in [0.05, 0.1) is 24.7 Å². The average molecular weight is 487 g/mol. The predicted molar refractivity (Wildman–Crippen MR) is 112 cm³/mol. The summed E-state index contributed by atoms with van der Waals surface area (Å²) in [4.78, 5) is 13.8. The molecule has 9 nitrogen and oxygen atoms in total. The fraction of sp³-hybridized carbons (Fsp3) is 0.474. The largest absolute Gasteiger partial charge is 0.347 e. The number of piperidine rings is 1. The number of nitrogens with one attached hydrogen (secondary N) is 1. The van der Waals surface area contributed by atoms with Crippen LogP contribution in [0.2, 0.25) is 0 Å². The minimum Gasteiger partial charge on any atom is -0.347 e. The number of anilines is 1. The summed E-state index contributed by atoms with van der Waals surface area (Å²) >= 11 is 0. The fourth-order valence-corrected chi connectivity index (χ4v) is 4.40. The Balaban J connectivity index is 1.68. The van der Waals surface area contributed by atoms with E-state index in [0.29, 0.717) is 11.3 Å². The number of alkyl halides is 4. The predicted octanol–water partition coefficient (Wildman–Crippen LogP) is 2.52. The van der Waals surface area contributed by atoms with Gasteiger partial charge in [0, 0.05) is 25.1 Å². The lowest BCUT2D eigenvalue weighted by molar-refractivity contribution is -0.0372. The zero-order valence-corrected chi connectivity index (χ0v) is 18.5. The molecule has 1 fully saturated rings. The minimum absolute atomic E-state index is 0.141. The van der Waals surface area contributed by atoms with Crippen LogP contribution in [-0.2, 0) is 10.0 Å². The molecule has 3 aromatic heterocycles. The van der Waals surface area contributed by atoms with E-state index in [1.807, 2.05) is 0 Å². The lowest BCUT2D eigenvalue weighted by Gasteiger charge is -2.43. The van der Waals surface area contributed by atoms with Gasteiger partial charge in [-0.2, -0.15) is 5.10 Å². The quantitative estimate of drug-likeness (QED) is 0.533. The van der Waals surface area contributed by atoms with E-state index in [1.54, 1.807) is 6.92 Å². The topological polar surface area (TPSA) is 105 Å². The van der Waals surface area contributed by atoms with E-state index in [2.05, 4.69) is 24.8 Å². The maximum absolute atomic E-state index is 14.5. The highest BCUT2D eigenvalue weighted by atomic mass is 32.2. The Morgan fingerprint density at radius 2 is 2.00 bits per heavy atom. The summed E-state index contributed by atoms with van der Waals surface area (Å²) < 4.78 is 81.6. The molecule has 2 unspecified atom stereocenters. The van der Waals surface area contributed by atoms with Crippen LogP contribution in [-0.4, -0.2) is 64.3 Å². The Kier molecular flexibility index (Phi) is 5.99. The molecule has 4 heterocycles. The van der Waals surface area contributed by atoms with Crippen LogP contribution in [0.25, 0.3) is 17.0 Å². The average Bonchev–Trinajstić information content (AvgIpc) is 3.17. The first kappa shape index (κ1) is 23.3. The maximum atomic E-state index is 14.5. The Hall–Kier alpha value is -2.87. The van der Waals surface area contributed by atoms with E-state index < -0.39 is 53.0 Å². The molecule has 3 aromatic rings. The SMILES string of the molecule is CC1C(CNS(C)(=O)=O)CC(F)(F)CN1c1cc(-c2cnc3ccc(C(F)F)nn23)ncn1. The summed E-state index contributed by atoms with van der Waals surface area (Å²) in [5.74, 6) is -3.55. The number of rotatable bonds is 6. The zero-order valence-electron chi connectivity index (χ0n) is 17.7. The highest BCUT2D eigenvalue weighted by Gasteiger charge is 2.44. The van der Waals surface area contributed by atoms with E-state index in [1.165, 1.54) is 40.1 Å². The molecule has 0 aromatic carbocycles. The van der Waals surface area contributed by atoms with E-state index in [-0.39, 0.29) is 18.1 Å². The standard InChI is InChI=1S/C19H21F4N7O2S/c1-11-12(7-27-33(2,31)32)6-19(22,23)9-29(11)17-5-14(25-10-26-17)15-8-24-16-4-3-13(18(20)21)28-30(15)16/h3-5,8,10-12,18,27H,6-7,9H2,1-2H3. The third-order valence-electron chi connectivity index (χ3n) is 5.56. The number of imidazole rings is 1. The third-order valence-corrected chi connectivity index (χ3v) is 6.25. The molecule has 33 heavy (non-hydrogen) atoms. The minimum atomic E-state index is -3.54. The summed E-state index contributed by atoms with van der Waals surface area (Å²) in [5.41, 5.74) is 0.432. The molecule has 0 aliphatic carbocycles. The first-order valence-electron chi connectivity index (χ1n) is 9.98. The number of aromatic nitrogens is 5. The molecule has 1 saturated heterocycles. The van der Waals surface area contributed by atoms with Gasteiger partial charge in [0.1, 0.15) is 23.5 Å². The van der Waals surface area contributed by atoms with E-state index in [4.69, 9.17) is 0 Å². The monoisotopic (exact) mass is 487 g/mol. The fourth-order valence-electron chi connectivity index (χ4n) is 3.88. The lowest BCUT2D eigenvalue weighted by Crippen LogP contribution is -2.55. The molecule has 0 bridgehead atoms. The molecule has 0 radical (unpaired) electrons. The molecular formula is C19H21F4N7O2S. The Labute approximate surface area is 186 Å². The molecular weight excluding hydrogens is 466 g/mol. The van der Waals surface area contributed by atoms with Crippen molar-refractivity contribution < 1.29 is 26.0 Å². The summed E-state index contributed by atoms with van der Waals surface area (Å²) in [6.45, 7) is 0.967. The molecule has 0 amide bonds. The summed E-state index contributed by atoms with van der Waals surface area (Å²) in [7, 11) is -3.54. The Morgan fingerprint density at radius 1 is 1.24 bits per heavy atom. The molecule has 0 saturated carbocycles. The molecule has 1 aliphatic heterocycles. The second-order valence-corrected chi connectivity index (χ2v) is 9.88. The van der Waals surface area contributed by atoms with Crippen LogP contribution in [0.4, 0.5) is 23.4 Å². The smallest absolute Gasteiger partial charge is 0.282 e. The number of fused-ring (bicyclic) bond motifs is 1. The molecule has 1 aliphatic rings. The van der Waals surface area contributed by atoms with Gasteiger partial charge >= 0.3 is 0 Å². The number of hydrogen-bond donors (Lipinski definition) is 1. The van der Waals surface area contributed by atoms with Crippen molar-refractivity contribution >= 4 is 21.5 Å². The van der Waals surface area contributed by atoms with Crippen LogP contribution in [0.5, 0.6) is 0 Å². The molecule has 1 N–H and O–H groups in total. The molecule has 14 heteroatoms. The van der Waals surface area contributed by atoms with Crippen LogP contribution < -0.4 is 9.62 Å². The summed E-state index contributed by atoms with van der Waals surface area (Å²) in [5, 5.41) is 3.90. The van der Waals surface area contributed by atoms with Crippen molar-refractivity contribution in [2.45, 2.75) is 31.7 Å². The first-order chi connectivity index (χ1) is 15.4. The van der Waals surface area contributed by atoms with Crippen molar-refractivity contribution in [2.75, 3.05) is 24.2 Å². The van der Waals surface area contributed by atoms with Crippen molar-refractivity contribution in [1.29, 1.82) is 0 Å². The van der Waals surface area contributed by atoms with Crippen LogP contribution in [0.1, 0.15) is 25.5 Å². The van der Waals surface area contributed by atoms with Crippen molar-refractivity contribution in [3.63, 3.8) is 0 Å².